The molecule has 4 heteroatoms. The smallest absolute Gasteiger partial charge is 0.164 e. The predicted octanol–water partition coefficient (Wildman–Crippen LogP) is 5.70. The van der Waals surface area contributed by atoms with E-state index in [1.165, 1.54) is 49.2 Å². The van der Waals surface area contributed by atoms with Crippen LogP contribution in [0, 0.1) is 0 Å². The maximum Gasteiger partial charge on any atom is 0.164 e. The van der Waals surface area contributed by atoms with Crippen molar-refractivity contribution in [1.82, 2.24) is 4.90 Å². The van der Waals surface area contributed by atoms with Crippen molar-refractivity contribution >= 4 is 30.0 Å². The van der Waals surface area contributed by atoms with Crippen molar-refractivity contribution in [2.24, 2.45) is 0 Å². The Kier molecular flexibility index (Phi) is 13.6. The number of hydrogen-bond acceptors (Lipinski definition) is 3. The largest absolute Gasteiger partial charge is 0.309 e. The molecule has 132 valence electrons. The summed E-state index contributed by atoms with van der Waals surface area (Å²) in [5.41, 5.74) is 0.839. The van der Waals surface area contributed by atoms with Crippen molar-refractivity contribution in [1.29, 1.82) is 0 Å². The topological polar surface area (TPSA) is 20.3 Å². The summed E-state index contributed by atoms with van der Waals surface area (Å²) >= 11 is 1.90. The van der Waals surface area contributed by atoms with Crippen molar-refractivity contribution in [2.75, 3.05) is 26.4 Å². The molecule has 1 aromatic rings. The first-order valence-corrected chi connectivity index (χ1v) is 9.53. The predicted molar refractivity (Wildman–Crippen MR) is 105 cm³/mol. The number of rotatable bonds is 12. The quantitative estimate of drug-likeness (QED) is 0.272. The highest BCUT2D eigenvalue weighted by Gasteiger charge is 2.06. The molecule has 0 aromatic heterocycles. The first kappa shape index (κ1) is 22.5. The van der Waals surface area contributed by atoms with Gasteiger partial charge in [-0.15, -0.1) is 24.2 Å². The monoisotopic (exact) mass is 357 g/mol. The van der Waals surface area contributed by atoms with E-state index in [1.807, 2.05) is 42.9 Å². The molecule has 0 aliphatic rings. The molecule has 0 bridgehead atoms. The minimum absolute atomic E-state index is 0. The van der Waals surface area contributed by atoms with Crippen LogP contribution in [-0.2, 0) is 0 Å². The van der Waals surface area contributed by atoms with Crippen LogP contribution in [-0.4, -0.2) is 37.1 Å². The third-order valence-electron chi connectivity index (χ3n) is 3.73. The van der Waals surface area contributed by atoms with E-state index in [4.69, 9.17) is 0 Å². The Bertz CT molecular complexity index is 420. The lowest BCUT2D eigenvalue weighted by Crippen LogP contribution is -2.16. The van der Waals surface area contributed by atoms with Gasteiger partial charge >= 0.3 is 0 Å². The zero-order chi connectivity index (χ0) is 16.2. The molecule has 0 amide bonds. The zero-order valence-corrected chi connectivity index (χ0v) is 16.5. The van der Waals surface area contributed by atoms with Crippen LogP contribution < -0.4 is 0 Å². The fourth-order valence-corrected chi connectivity index (χ4v) is 3.19. The molecule has 0 fully saturated rings. The third-order valence-corrected chi connectivity index (χ3v) is 4.83. The molecule has 0 aliphatic heterocycles. The van der Waals surface area contributed by atoms with Gasteiger partial charge in [-0.2, -0.15) is 0 Å². The number of halogens is 1. The van der Waals surface area contributed by atoms with E-state index in [2.05, 4.69) is 19.1 Å². The lowest BCUT2D eigenvalue weighted by atomic mass is 10.1. The van der Waals surface area contributed by atoms with Crippen molar-refractivity contribution in [3.05, 3.63) is 29.8 Å². The molecule has 0 unspecified atom stereocenters. The first-order chi connectivity index (χ1) is 10.6. The maximum atomic E-state index is 12.0. The lowest BCUT2D eigenvalue weighted by Gasteiger charge is -2.08. The van der Waals surface area contributed by atoms with Crippen molar-refractivity contribution in [3.63, 3.8) is 0 Å². The molecule has 0 saturated carbocycles. The number of carbonyl (C=O) groups excluding carboxylic acids is 1. The normalized spacial score (nSPS) is 10.6. The van der Waals surface area contributed by atoms with E-state index in [-0.39, 0.29) is 18.2 Å². The van der Waals surface area contributed by atoms with E-state index in [0.29, 0.717) is 6.42 Å². The molecule has 23 heavy (non-hydrogen) atoms. The average Bonchev–Trinajstić information content (AvgIpc) is 2.52. The SMILES string of the molecule is CCCCCCCCSc1ccc(C(=O)CCN(C)C)cc1.Cl. The van der Waals surface area contributed by atoms with Gasteiger partial charge in [-0.1, -0.05) is 51.2 Å². The summed E-state index contributed by atoms with van der Waals surface area (Å²) in [6.45, 7) is 3.07. The van der Waals surface area contributed by atoms with Gasteiger partial charge in [0.15, 0.2) is 5.78 Å². The van der Waals surface area contributed by atoms with Crippen LogP contribution in [0.15, 0.2) is 29.2 Å². The second-order valence-electron chi connectivity index (χ2n) is 6.12. The van der Waals surface area contributed by atoms with Crippen molar-refractivity contribution in [2.45, 2.75) is 56.8 Å². The second-order valence-corrected chi connectivity index (χ2v) is 7.29. The van der Waals surface area contributed by atoms with Gasteiger partial charge in [-0.05, 0) is 38.4 Å². The number of unbranched alkanes of at least 4 members (excludes halogenated alkanes) is 5. The van der Waals surface area contributed by atoms with Gasteiger partial charge in [0, 0.05) is 23.4 Å². The molecule has 1 rings (SSSR count). The van der Waals surface area contributed by atoms with Gasteiger partial charge in [0.05, 0.1) is 0 Å². The molecular weight excluding hydrogens is 326 g/mol. The zero-order valence-electron chi connectivity index (χ0n) is 14.8. The lowest BCUT2D eigenvalue weighted by molar-refractivity contribution is 0.0972. The summed E-state index contributed by atoms with van der Waals surface area (Å²) in [5, 5.41) is 0. The summed E-state index contributed by atoms with van der Waals surface area (Å²) in [4.78, 5) is 15.3. The third kappa shape index (κ3) is 10.8. The van der Waals surface area contributed by atoms with Gasteiger partial charge in [0.1, 0.15) is 0 Å². The van der Waals surface area contributed by atoms with E-state index in [1.54, 1.807) is 0 Å². The number of hydrogen-bond donors (Lipinski definition) is 0. The number of nitrogens with zero attached hydrogens (tertiary/aromatic N) is 1. The molecule has 0 N–H and O–H groups in total. The Balaban J connectivity index is 0.00000484. The van der Waals surface area contributed by atoms with Crippen LogP contribution in [0.3, 0.4) is 0 Å². The molecule has 0 heterocycles. The van der Waals surface area contributed by atoms with E-state index < -0.39 is 0 Å². The van der Waals surface area contributed by atoms with Crippen LogP contribution in [0.2, 0.25) is 0 Å². The highest BCUT2D eigenvalue weighted by molar-refractivity contribution is 7.99. The minimum Gasteiger partial charge on any atom is -0.309 e. The van der Waals surface area contributed by atoms with Crippen LogP contribution in [0.4, 0.5) is 0 Å². The van der Waals surface area contributed by atoms with Crippen LogP contribution in [0.1, 0.15) is 62.2 Å². The van der Waals surface area contributed by atoms with Crippen LogP contribution in [0.5, 0.6) is 0 Å². The van der Waals surface area contributed by atoms with Gasteiger partial charge in [-0.3, -0.25) is 4.79 Å². The van der Waals surface area contributed by atoms with Crippen LogP contribution >= 0.6 is 24.2 Å². The van der Waals surface area contributed by atoms with E-state index in [9.17, 15) is 4.79 Å². The summed E-state index contributed by atoms with van der Waals surface area (Å²) in [6, 6.07) is 8.12. The summed E-state index contributed by atoms with van der Waals surface area (Å²) < 4.78 is 0. The van der Waals surface area contributed by atoms with Gasteiger partial charge in [0.25, 0.3) is 0 Å². The Morgan fingerprint density at radius 1 is 1.00 bits per heavy atom. The average molecular weight is 358 g/mol. The highest BCUT2D eigenvalue weighted by atomic mass is 35.5. The standard InChI is InChI=1S/C19H31NOS.ClH/c1-4-5-6-7-8-9-16-22-18-12-10-17(11-13-18)19(21)14-15-20(2)3;/h10-13H,4-9,14-16H2,1-3H3;1H. The van der Waals surface area contributed by atoms with Crippen molar-refractivity contribution in [3.8, 4) is 0 Å². The Morgan fingerprint density at radius 3 is 2.22 bits per heavy atom. The Labute approximate surface area is 152 Å². The number of carbonyl (C=O) groups is 1. The van der Waals surface area contributed by atoms with Gasteiger partial charge in [0.2, 0.25) is 0 Å². The number of ketones is 1. The molecule has 0 atom stereocenters. The molecule has 0 aliphatic carbocycles. The van der Waals surface area contributed by atoms with Gasteiger partial charge in [-0.25, -0.2) is 0 Å². The van der Waals surface area contributed by atoms with Crippen LogP contribution in [0.25, 0.3) is 0 Å². The molecule has 2 nitrogen and oxygen atoms in total. The highest BCUT2D eigenvalue weighted by Crippen LogP contribution is 2.21. The molecule has 0 spiro atoms. The number of Topliss-reactive ketones (excluding diaryl/α,β-unsaturated/α-hetero) is 1. The molecule has 0 radical (unpaired) electrons. The fraction of sp³-hybridized carbons (Fsp3) is 0.632. The Morgan fingerprint density at radius 2 is 1.61 bits per heavy atom. The molecule has 1 aromatic carbocycles. The van der Waals surface area contributed by atoms with E-state index >= 15 is 0 Å². The fourth-order valence-electron chi connectivity index (χ4n) is 2.28. The molecular formula is C19H32ClNOS. The first-order valence-electron chi connectivity index (χ1n) is 8.54. The number of benzene rings is 1. The minimum atomic E-state index is 0. The number of thioether (sulfide) groups is 1. The van der Waals surface area contributed by atoms with E-state index in [0.717, 1.165) is 12.1 Å². The Hall–Kier alpha value is -0.510. The van der Waals surface area contributed by atoms with Crippen molar-refractivity contribution < 1.29 is 4.79 Å². The summed E-state index contributed by atoms with van der Waals surface area (Å²) in [7, 11) is 3.99. The second kappa shape index (κ2) is 13.9. The summed E-state index contributed by atoms with van der Waals surface area (Å²) in [5.74, 6) is 1.42. The molecule has 0 saturated heterocycles. The maximum absolute atomic E-state index is 12.0. The summed E-state index contributed by atoms with van der Waals surface area (Å²) in [6.07, 6.45) is 8.66. The van der Waals surface area contributed by atoms with Gasteiger partial charge < -0.3 is 4.90 Å².